The minimum absolute atomic E-state index is 0.0310. The van der Waals surface area contributed by atoms with Gasteiger partial charge in [-0.1, -0.05) is 0 Å². The van der Waals surface area contributed by atoms with Crippen LogP contribution in [0.4, 0.5) is 4.79 Å². The molecule has 0 aromatic carbocycles. The summed E-state index contributed by atoms with van der Waals surface area (Å²) in [6.45, 7) is 2.38. The number of nitrogens with one attached hydrogen (secondary N) is 2. The van der Waals surface area contributed by atoms with Crippen LogP contribution in [0.1, 0.15) is 51.4 Å². The number of carbonyl (C=O) groups excluding carboxylic acids is 1. The van der Waals surface area contributed by atoms with E-state index in [1.54, 1.807) is 0 Å². The monoisotopic (exact) mass is 297 g/mol. The lowest BCUT2D eigenvalue weighted by molar-refractivity contribution is -0.137. The van der Waals surface area contributed by atoms with Gasteiger partial charge in [0.05, 0.1) is 0 Å². The van der Waals surface area contributed by atoms with Gasteiger partial charge in [-0.3, -0.25) is 4.79 Å². The molecular formula is C15H27N3O3. The number of carboxylic acids is 1. The van der Waals surface area contributed by atoms with E-state index in [1.807, 2.05) is 4.90 Å². The molecule has 6 nitrogen and oxygen atoms in total. The summed E-state index contributed by atoms with van der Waals surface area (Å²) in [5.41, 5.74) is 0. The molecule has 1 aliphatic carbocycles. The van der Waals surface area contributed by atoms with Crippen LogP contribution in [0.15, 0.2) is 0 Å². The van der Waals surface area contributed by atoms with Crippen LogP contribution in [-0.2, 0) is 4.79 Å². The number of carboxylic acid groups (broad SMARTS) is 1. The molecule has 1 atom stereocenters. The van der Waals surface area contributed by atoms with E-state index >= 15 is 0 Å². The van der Waals surface area contributed by atoms with Gasteiger partial charge in [-0.15, -0.1) is 0 Å². The van der Waals surface area contributed by atoms with Crippen molar-refractivity contribution in [3.8, 4) is 0 Å². The van der Waals surface area contributed by atoms with Crippen LogP contribution in [0.2, 0.25) is 0 Å². The molecule has 2 fully saturated rings. The molecular weight excluding hydrogens is 270 g/mol. The summed E-state index contributed by atoms with van der Waals surface area (Å²) in [7, 11) is 0. The van der Waals surface area contributed by atoms with Crippen LogP contribution < -0.4 is 10.6 Å². The number of hydrogen-bond donors (Lipinski definition) is 3. The highest BCUT2D eigenvalue weighted by Crippen LogP contribution is 2.21. The van der Waals surface area contributed by atoms with E-state index in [9.17, 15) is 9.59 Å². The van der Waals surface area contributed by atoms with Crippen LogP contribution in [0.3, 0.4) is 0 Å². The highest BCUT2D eigenvalue weighted by molar-refractivity contribution is 5.74. The fourth-order valence-electron chi connectivity index (χ4n) is 2.84. The lowest BCUT2D eigenvalue weighted by Gasteiger charge is -2.35. The van der Waals surface area contributed by atoms with Crippen molar-refractivity contribution in [2.24, 2.45) is 0 Å². The molecule has 3 N–H and O–H groups in total. The molecule has 0 aromatic rings. The largest absolute Gasteiger partial charge is 0.481 e. The number of likely N-dealkylation sites (tertiary alicyclic amines) is 1. The minimum Gasteiger partial charge on any atom is -0.481 e. The second-order valence-electron chi connectivity index (χ2n) is 6.09. The predicted octanol–water partition coefficient (Wildman–Crippen LogP) is 1.56. The van der Waals surface area contributed by atoms with Crippen LogP contribution in [-0.4, -0.2) is 53.7 Å². The molecule has 0 aromatic heterocycles. The summed E-state index contributed by atoms with van der Waals surface area (Å²) in [6, 6.07) is 0.763. The van der Waals surface area contributed by atoms with E-state index in [0.29, 0.717) is 19.0 Å². The molecule has 21 heavy (non-hydrogen) atoms. The van der Waals surface area contributed by atoms with Gasteiger partial charge in [-0.25, -0.2) is 4.79 Å². The SMILES string of the molecule is O=C(O)CCC1CCCCN1C(=O)NCCCNC1CC1. The van der Waals surface area contributed by atoms with Crippen molar-refractivity contribution in [1.29, 1.82) is 0 Å². The standard InChI is InChI=1S/C15H27N3O3/c19-14(20)8-7-13-4-1-2-11-18(13)15(21)17-10-3-9-16-12-5-6-12/h12-13,16H,1-11H2,(H,17,21)(H,19,20). The van der Waals surface area contributed by atoms with Crippen LogP contribution >= 0.6 is 0 Å². The maximum atomic E-state index is 12.2. The first-order chi connectivity index (χ1) is 10.2. The van der Waals surface area contributed by atoms with Gasteiger partial charge in [-0.2, -0.15) is 0 Å². The molecule has 1 heterocycles. The number of aliphatic carboxylic acids is 1. The Hall–Kier alpha value is -1.30. The molecule has 0 spiro atoms. The summed E-state index contributed by atoms with van der Waals surface area (Å²) in [5.74, 6) is -0.785. The Balaban J connectivity index is 1.65. The fraction of sp³-hybridized carbons (Fsp3) is 0.867. The third-order valence-electron chi connectivity index (χ3n) is 4.22. The van der Waals surface area contributed by atoms with Crippen LogP contribution in [0, 0.1) is 0 Å². The number of nitrogens with zero attached hydrogens (tertiary/aromatic N) is 1. The van der Waals surface area contributed by atoms with Gasteiger partial charge in [0.25, 0.3) is 0 Å². The number of piperidine rings is 1. The third kappa shape index (κ3) is 5.91. The van der Waals surface area contributed by atoms with E-state index in [1.165, 1.54) is 12.8 Å². The highest BCUT2D eigenvalue weighted by Gasteiger charge is 2.26. The van der Waals surface area contributed by atoms with E-state index in [2.05, 4.69) is 10.6 Å². The number of rotatable bonds is 8. The van der Waals surface area contributed by atoms with Gasteiger partial charge in [-0.05, 0) is 51.5 Å². The molecule has 1 aliphatic heterocycles. The Morgan fingerprint density at radius 1 is 1.14 bits per heavy atom. The maximum Gasteiger partial charge on any atom is 0.317 e. The van der Waals surface area contributed by atoms with Gasteiger partial charge in [0.2, 0.25) is 0 Å². The zero-order chi connectivity index (χ0) is 15.1. The minimum atomic E-state index is -0.785. The van der Waals surface area contributed by atoms with E-state index < -0.39 is 5.97 Å². The van der Waals surface area contributed by atoms with Crippen LogP contribution in [0.5, 0.6) is 0 Å². The molecule has 2 rings (SSSR count). The number of amides is 2. The lowest BCUT2D eigenvalue weighted by atomic mass is 9.98. The number of hydrogen-bond acceptors (Lipinski definition) is 3. The molecule has 120 valence electrons. The molecule has 0 radical (unpaired) electrons. The average Bonchev–Trinajstić information content (AvgIpc) is 3.29. The Labute approximate surface area is 126 Å². The molecule has 2 amide bonds. The summed E-state index contributed by atoms with van der Waals surface area (Å²) >= 11 is 0. The first kappa shape index (κ1) is 16.1. The van der Waals surface area contributed by atoms with Gasteiger partial charge >= 0.3 is 12.0 Å². The molecule has 1 saturated carbocycles. The van der Waals surface area contributed by atoms with Crippen molar-refractivity contribution in [3.63, 3.8) is 0 Å². The molecule has 1 unspecified atom stereocenters. The van der Waals surface area contributed by atoms with E-state index in [-0.39, 0.29) is 18.5 Å². The Kier molecular flexibility index (Phi) is 6.29. The highest BCUT2D eigenvalue weighted by atomic mass is 16.4. The predicted molar refractivity (Wildman–Crippen MR) is 80.3 cm³/mol. The zero-order valence-electron chi connectivity index (χ0n) is 12.6. The molecule has 6 heteroatoms. The first-order valence-corrected chi connectivity index (χ1v) is 8.16. The number of carbonyl (C=O) groups is 2. The summed E-state index contributed by atoms with van der Waals surface area (Å²) in [5, 5.41) is 15.2. The maximum absolute atomic E-state index is 12.2. The quantitative estimate of drug-likeness (QED) is 0.594. The third-order valence-corrected chi connectivity index (χ3v) is 4.22. The summed E-state index contributed by atoms with van der Waals surface area (Å²) < 4.78 is 0. The Morgan fingerprint density at radius 2 is 1.95 bits per heavy atom. The zero-order valence-corrected chi connectivity index (χ0v) is 12.6. The number of urea groups is 1. The molecule has 2 aliphatic rings. The lowest BCUT2D eigenvalue weighted by Crippen LogP contribution is -2.49. The van der Waals surface area contributed by atoms with Crippen molar-refractivity contribution in [2.45, 2.75) is 63.5 Å². The smallest absolute Gasteiger partial charge is 0.317 e. The van der Waals surface area contributed by atoms with Gasteiger partial charge in [0.1, 0.15) is 0 Å². The van der Waals surface area contributed by atoms with Crippen molar-refractivity contribution in [2.75, 3.05) is 19.6 Å². The molecule has 1 saturated heterocycles. The first-order valence-electron chi connectivity index (χ1n) is 8.16. The summed E-state index contributed by atoms with van der Waals surface area (Å²) in [6.07, 6.45) is 7.22. The second kappa shape index (κ2) is 8.22. The van der Waals surface area contributed by atoms with Crippen molar-refractivity contribution < 1.29 is 14.7 Å². The molecule has 0 bridgehead atoms. The van der Waals surface area contributed by atoms with Gasteiger partial charge in [0.15, 0.2) is 0 Å². The van der Waals surface area contributed by atoms with E-state index in [4.69, 9.17) is 5.11 Å². The van der Waals surface area contributed by atoms with Crippen molar-refractivity contribution >= 4 is 12.0 Å². The summed E-state index contributed by atoms with van der Waals surface area (Å²) in [4.78, 5) is 24.7. The van der Waals surface area contributed by atoms with Gasteiger partial charge < -0.3 is 20.6 Å². The van der Waals surface area contributed by atoms with Crippen molar-refractivity contribution in [3.05, 3.63) is 0 Å². The fourth-order valence-corrected chi connectivity index (χ4v) is 2.84. The van der Waals surface area contributed by atoms with Crippen LogP contribution in [0.25, 0.3) is 0 Å². The second-order valence-corrected chi connectivity index (χ2v) is 6.09. The normalized spacial score (nSPS) is 22.1. The van der Waals surface area contributed by atoms with Gasteiger partial charge in [0, 0.05) is 31.6 Å². The Bertz CT molecular complexity index is 358. The van der Waals surface area contributed by atoms with E-state index in [0.717, 1.165) is 38.8 Å². The van der Waals surface area contributed by atoms with Crippen molar-refractivity contribution in [1.82, 2.24) is 15.5 Å². The Morgan fingerprint density at radius 3 is 2.67 bits per heavy atom. The average molecular weight is 297 g/mol. The topological polar surface area (TPSA) is 81.7 Å².